The molecule has 0 saturated carbocycles. The Kier molecular flexibility index (Phi) is 5.26. The SMILES string of the molecule is C=C(C)C[C@@H]1COC(C)(C)O1.CC. The topological polar surface area (TPSA) is 18.5 Å². The van der Waals surface area contributed by atoms with Crippen LogP contribution in [-0.4, -0.2) is 18.5 Å². The fourth-order valence-corrected chi connectivity index (χ4v) is 1.25. The molecule has 1 heterocycles. The van der Waals surface area contributed by atoms with Gasteiger partial charge in [0.2, 0.25) is 0 Å². The van der Waals surface area contributed by atoms with E-state index < -0.39 is 0 Å². The van der Waals surface area contributed by atoms with Crippen molar-refractivity contribution in [1.29, 1.82) is 0 Å². The average molecular weight is 186 g/mol. The van der Waals surface area contributed by atoms with Crippen LogP contribution >= 0.6 is 0 Å². The normalized spacial score (nSPS) is 24.8. The third-order valence-corrected chi connectivity index (χ3v) is 1.64. The third-order valence-electron chi connectivity index (χ3n) is 1.64. The molecular weight excluding hydrogens is 164 g/mol. The van der Waals surface area contributed by atoms with Gasteiger partial charge in [-0.1, -0.05) is 19.4 Å². The molecule has 1 saturated heterocycles. The summed E-state index contributed by atoms with van der Waals surface area (Å²) in [6.45, 7) is 14.4. The fourth-order valence-electron chi connectivity index (χ4n) is 1.25. The first kappa shape index (κ1) is 12.7. The standard InChI is InChI=1S/C9H16O2.C2H6/c1-7(2)5-8-6-10-9(3,4)11-8;1-2/h8H,1,5-6H2,2-4H3;1-2H3/t8-;/m1./s1. The summed E-state index contributed by atoms with van der Waals surface area (Å²) in [6.07, 6.45) is 1.12. The predicted molar refractivity (Wildman–Crippen MR) is 55.7 cm³/mol. The quantitative estimate of drug-likeness (QED) is 0.617. The van der Waals surface area contributed by atoms with E-state index in [-0.39, 0.29) is 11.9 Å². The maximum Gasteiger partial charge on any atom is 0.163 e. The molecular formula is C11H22O2. The smallest absolute Gasteiger partial charge is 0.163 e. The van der Waals surface area contributed by atoms with Crippen LogP contribution in [0, 0.1) is 0 Å². The molecule has 13 heavy (non-hydrogen) atoms. The summed E-state index contributed by atoms with van der Waals surface area (Å²) in [5.74, 6) is -0.389. The van der Waals surface area contributed by atoms with Gasteiger partial charge in [0, 0.05) is 0 Å². The van der Waals surface area contributed by atoms with Crippen molar-refractivity contribution in [1.82, 2.24) is 0 Å². The van der Waals surface area contributed by atoms with Gasteiger partial charge in [-0.3, -0.25) is 0 Å². The van der Waals surface area contributed by atoms with Crippen molar-refractivity contribution in [2.75, 3.05) is 6.61 Å². The molecule has 1 aliphatic heterocycles. The molecule has 0 unspecified atom stereocenters. The highest BCUT2D eigenvalue weighted by Gasteiger charge is 2.32. The number of hydrogen-bond acceptors (Lipinski definition) is 2. The maximum absolute atomic E-state index is 5.58. The molecule has 0 bridgehead atoms. The van der Waals surface area contributed by atoms with Gasteiger partial charge in [0.15, 0.2) is 5.79 Å². The van der Waals surface area contributed by atoms with Crippen molar-refractivity contribution in [3.63, 3.8) is 0 Å². The van der Waals surface area contributed by atoms with Gasteiger partial charge in [-0.05, 0) is 27.2 Å². The summed E-state index contributed by atoms with van der Waals surface area (Å²) >= 11 is 0. The Labute approximate surface area is 81.9 Å². The molecule has 0 amide bonds. The van der Waals surface area contributed by atoms with Crippen molar-refractivity contribution in [3.8, 4) is 0 Å². The van der Waals surface area contributed by atoms with Crippen LogP contribution in [0.2, 0.25) is 0 Å². The highest BCUT2D eigenvalue weighted by atomic mass is 16.7. The van der Waals surface area contributed by atoms with Crippen molar-refractivity contribution in [3.05, 3.63) is 12.2 Å². The molecule has 0 aromatic heterocycles. The Morgan fingerprint density at radius 1 is 1.46 bits per heavy atom. The zero-order valence-corrected chi connectivity index (χ0v) is 9.52. The van der Waals surface area contributed by atoms with Crippen molar-refractivity contribution >= 4 is 0 Å². The van der Waals surface area contributed by atoms with E-state index >= 15 is 0 Å². The number of ether oxygens (including phenoxy) is 2. The average Bonchev–Trinajstić information content (AvgIpc) is 2.33. The van der Waals surface area contributed by atoms with E-state index in [1.807, 2.05) is 34.6 Å². The lowest BCUT2D eigenvalue weighted by molar-refractivity contribution is -0.138. The van der Waals surface area contributed by atoms with E-state index in [1.54, 1.807) is 0 Å². The predicted octanol–water partition coefficient (Wildman–Crippen LogP) is 3.13. The minimum Gasteiger partial charge on any atom is -0.348 e. The molecule has 2 nitrogen and oxygen atoms in total. The Bertz CT molecular complexity index is 161. The first-order valence-electron chi connectivity index (χ1n) is 4.96. The molecule has 2 heteroatoms. The van der Waals surface area contributed by atoms with E-state index in [2.05, 4.69) is 6.58 Å². The lowest BCUT2D eigenvalue weighted by atomic mass is 10.1. The molecule has 0 aromatic rings. The highest BCUT2D eigenvalue weighted by molar-refractivity contribution is 4.92. The molecule has 0 N–H and O–H groups in total. The lowest BCUT2D eigenvalue weighted by Crippen LogP contribution is -2.21. The lowest BCUT2D eigenvalue weighted by Gasteiger charge is -2.16. The first-order chi connectivity index (χ1) is 5.99. The van der Waals surface area contributed by atoms with E-state index in [0.29, 0.717) is 6.61 Å². The highest BCUT2D eigenvalue weighted by Crippen LogP contribution is 2.25. The fraction of sp³-hybridized carbons (Fsp3) is 0.818. The molecule has 78 valence electrons. The summed E-state index contributed by atoms with van der Waals surface area (Å²) in [7, 11) is 0. The molecule has 0 spiro atoms. The number of hydrogen-bond donors (Lipinski definition) is 0. The van der Waals surface area contributed by atoms with Gasteiger partial charge >= 0.3 is 0 Å². The van der Waals surface area contributed by atoms with Crippen LogP contribution in [0.5, 0.6) is 0 Å². The zero-order chi connectivity index (χ0) is 10.5. The van der Waals surface area contributed by atoms with E-state index in [0.717, 1.165) is 12.0 Å². The molecule has 0 radical (unpaired) electrons. The van der Waals surface area contributed by atoms with Crippen LogP contribution in [0.3, 0.4) is 0 Å². The van der Waals surface area contributed by atoms with Gasteiger partial charge in [-0.2, -0.15) is 0 Å². The van der Waals surface area contributed by atoms with Gasteiger partial charge in [0.05, 0.1) is 12.7 Å². The first-order valence-corrected chi connectivity index (χ1v) is 4.96. The largest absolute Gasteiger partial charge is 0.348 e. The Hall–Kier alpha value is -0.340. The molecule has 1 atom stereocenters. The van der Waals surface area contributed by atoms with Crippen LogP contribution < -0.4 is 0 Å². The Balaban J connectivity index is 0.000000671. The Morgan fingerprint density at radius 2 is 2.00 bits per heavy atom. The minimum atomic E-state index is -0.389. The van der Waals surface area contributed by atoms with Crippen LogP contribution in [0.4, 0.5) is 0 Å². The zero-order valence-electron chi connectivity index (χ0n) is 9.52. The van der Waals surface area contributed by atoms with Gasteiger partial charge in [0.25, 0.3) is 0 Å². The number of rotatable bonds is 2. The summed E-state index contributed by atoms with van der Waals surface area (Å²) < 4.78 is 11.0. The van der Waals surface area contributed by atoms with Crippen LogP contribution in [0.25, 0.3) is 0 Å². The van der Waals surface area contributed by atoms with Crippen LogP contribution in [0.15, 0.2) is 12.2 Å². The van der Waals surface area contributed by atoms with Gasteiger partial charge in [-0.15, -0.1) is 6.58 Å². The van der Waals surface area contributed by atoms with Crippen molar-refractivity contribution < 1.29 is 9.47 Å². The summed E-state index contributed by atoms with van der Waals surface area (Å²) in [5, 5.41) is 0. The van der Waals surface area contributed by atoms with Gasteiger partial charge in [0.1, 0.15) is 0 Å². The minimum absolute atomic E-state index is 0.211. The van der Waals surface area contributed by atoms with Gasteiger partial charge in [-0.25, -0.2) is 0 Å². The second-order valence-corrected chi connectivity index (χ2v) is 3.61. The second kappa shape index (κ2) is 5.40. The van der Waals surface area contributed by atoms with Crippen LogP contribution in [-0.2, 0) is 9.47 Å². The van der Waals surface area contributed by atoms with E-state index in [9.17, 15) is 0 Å². The van der Waals surface area contributed by atoms with Gasteiger partial charge < -0.3 is 9.47 Å². The molecule has 1 aliphatic rings. The third kappa shape index (κ3) is 5.06. The van der Waals surface area contributed by atoms with E-state index in [4.69, 9.17) is 9.47 Å². The van der Waals surface area contributed by atoms with Crippen LogP contribution in [0.1, 0.15) is 41.0 Å². The monoisotopic (exact) mass is 186 g/mol. The summed E-state index contributed by atoms with van der Waals surface area (Å²) in [6, 6.07) is 0. The van der Waals surface area contributed by atoms with Crippen molar-refractivity contribution in [2.24, 2.45) is 0 Å². The van der Waals surface area contributed by atoms with Crippen molar-refractivity contribution in [2.45, 2.75) is 52.9 Å². The molecule has 0 aliphatic carbocycles. The molecule has 0 aromatic carbocycles. The molecule has 1 rings (SSSR count). The Morgan fingerprint density at radius 3 is 2.31 bits per heavy atom. The second-order valence-electron chi connectivity index (χ2n) is 3.61. The summed E-state index contributed by atoms with van der Waals surface area (Å²) in [4.78, 5) is 0. The summed E-state index contributed by atoms with van der Waals surface area (Å²) in [5.41, 5.74) is 1.15. The van der Waals surface area contributed by atoms with E-state index in [1.165, 1.54) is 0 Å². The molecule has 1 fully saturated rings. The maximum atomic E-state index is 5.58.